The lowest BCUT2D eigenvalue weighted by Gasteiger charge is -2.26. The molecule has 0 aliphatic carbocycles. The van der Waals surface area contributed by atoms with E-state index >= 15 is 0 Å². The van der Waals surface area contributed by atoms with Crippen molar-refractivity contribution in [2.75, 3.05) is 0 Å². The third-order valence-electron chi connectivity index (χ3n) is 3.11. The summed E-state index contributed by atoms with van der Waals surface area (Å²) in [5.74, 6) is 0. The summed E-state index contributed by atoms with van der Waals surface area (Å²) in [6.45, 7) is 13.5. The Hall–Kier alpha value is -0.715. The first-order valence-corrected chi connectivity index (χ1v) is 5.33. The molecular weight excluding hydrogens is 167 g/mol. The molecule has 0 aromatic heterocycles. The highest BCUT2D eigenvalue weighted by molar-refractivity contribution is 6.34. The molecule has 0 N–H and O–H groups in total. The van der Waals surface area contributed by atoms with Crippen molar-refractivity contribution < 1.29 is 0 Å². The first-order chi connectivity index (χ1) is 6.25. The summed E-state index contributed by atoms with van der Waals surface area (Å²) in [6.07, 6.45) is 0. The Morgan fingerprint density at radius 3 is 1.93 bits per heavy atom. The topological polar surface area (TPSA) is 0 Å². The maximum atomic E-state index is 2.31. The zero-order valence-electron chi connectivity index (χ0n) is 10.6. The van der Waals surface area contributed by atoms with Gasteiger partial charge < -0.3 is 0 Å². The van der Waals surface area contributed by atoms with Gasteiger partial charge in [0.15, 0.2) is 0 Å². The minimum Gasteiger partial charge on any atom is -0.0819 e. The van der Waals surface area contributed by atoms with E-state index in [4.69, 9.17) is 0 Å². The maximum absolute atomic E-state index is 2.31. The number of hydrogen-bond donors (Lipinski definition) is 0. The molecule has 1 aromatic rings. The van der Waals surface area contributed by atoms with E-state index in [0.717, 1.165) is 0 Å². The monoisotopic (exact) mass is 188 g/mol. The summed E-state index contributed by atoms with van der Waals surface area (Å²) >= 11 is 0. The Morgan fingerprint density at radius 1 is 1.00 bits per heavy atom. The lowest BCUT2D eigenvalue weighted by molar-refractivity contribution is 0.589. The SMILES string of the molecule is Bc1c(C)c(C)cc(C)c1C(C)(C)C. The zero-order chi connectivity index (χ0) is 11.1. The fraction of sp³-hybridized carbons (Fsp3) is 0.538. The molecule has 0 heterocycles. The summed E-state index contributed by atoms with van der Waals surface area (Å²) < 4.78 is 0. The van der Waals surface area contributed by atoms with Crippen molar-refractivity contribution in [3.63, 3.8) is 0 Å². The molecule has 0 saturated heterocycles. The molecule has 0 nitrogen and oxygen atoms in total. The van der Waals surface area contributed by atoms with Crippen molar-refractivity contribution in [1.29, 1.82) is 0 Å². The van der Waals surface area contributed by atoms with E-state index in [0.29, 0.717) is 0 Å². The summed E-state index contributed by atoms with van der Waals surface area (Å²) in [4.78, 5) is 0. The highest BCUT2D eigenvalue weighted by atomic mass is 14.2. The van der Waals surface area contributed by atoms with Crippen LogP contribution in [0.15, 0.2) is 6.07 Å². The van der Waals surface area contributed by atoms with Crippen molar-refractivity contribution in [3.8, 4) is 0 Å². The molecule has 1 rings (SSSR count). The van der Waals surface area contributed by atoms with Gasteiger partial charge in [0, 0.05) is 0 Å². The molecule has 14 heavy (non-hydrogen) atoms. The van der Waals surface area contributed by atoms with E-state index in [9.17, 15) is 0 Å². The van der Waals surface area contributed by atoms with Crippen LogP contribution in [0.4, 0.5) is 0 Å². The van der Waals surface area contributed by atoms with Crippen LogP contribution in [0, 0.1) is 20.8 Å². The zero-order valence-corrected chi connectivity index (χ0v) is 10.6. The Morgan fingerprint density at radius 2 is 1.50 bits per heavy atom. The van der Waals surface area contributed by atoms with Crippen molar-refractivity contribution in [2.45, 2.75) is 47.0 Å². The first kappa shape index (κ1) is 11.4. The van der Waals surface area contributed by atoms with Crippen LogP contribution in [0.25, 0.3) is 0 Å². The summed E-state index contributed by atoms with van der Waals surface area (Å²) in [5.41, 5.74) is 7.52. The van der Waals surface area contributed by atoms with Crippen LogP contribution >= 0.6 is 0 Å². The molecule has 0 fully saturated rings. The van der Waals surface area contributed by atoms with Crippen LogP contribution in [0.3, 0.4) is 0 Å². The molecular formula is C13H21B. The normalized spacial score (nSPS) is 11.9. The molecule has 0 amide bonds. The Balaban J connectivity index is 3.53. The molecule has 1 aromatic carbocycles. The minimum absolute atomic E-state index is 0.257. The quantitative estimate of drug-likeness (QED) is 0.547. The Labute approximate surface area is 89.1 Å². The van der Waals surface area contributed by atoms with Crippen LogP contribution in [0.1, 0.15) is 43.0 Å². The molecule has 1 heteroatoms. The molecule has 0 unspecified atom stereocenters. The third-order valence-corrected chi connectivity index (χ3v) is 3.11. The Bertz CT molecular complexity index is 356. The lowest BCUT2D eigenvalue weighted by atomic mass is 9.72. The molecule has 0 bridgehead atoms. The van der Waals surface area contributed by atoms with Crippen LogP contribution in [-0.4, -0.2) is 7.85 Å². The average Bonchev–Trinajstić information content (AvgIpc) is 1.97. The van der Waals surface area contributed by atoms with Crippen molar-refractivity contribution in [2.24, 2.45) is 0 Å². The molecule has 76 valence electrons. The molecule has 0 aliphatic rings. The predicted octanol–water partition coefficient (Wildman–Crippen LogP) is 2.17. The minimum atomic E-state index is 0.257. The van der Waals surface area contributed by atoms with Crippen molar-refractivity contribution >= 4 is 13.3 Å². The smallest absolute Gasteiger partial charge is 0.0819 e. The lowest BCUT2D eigenvalue weighted by Crippen LogP contribution is -2.27. The highest BCUT2D eigenvalue weighted by Gasteiger charge is 2.19. The van der Waals surface area contributed by atoms with E-state index in [1.54, 1.807) is 0 Å². The molecule has 0 aliphatic heterocycles. The standard InChI is InChI=1S/C13H21B/c1-8-7-9(2)11(13(4,5)6)12(14)10(8)3/h7H,14H2,1-6H3. The summed E-state index contributed by atoms with van der Waals surface area (Å²) in [7, 11) is 2.25. The number of hydrogen-bond acceptors (Lipinski definition) is 0. The second-order valence-corrected chi connectivity index (χ2v) is 5.39. The molecule has 0 spiro atoms. The van der Waals surface area contributed by atoms with E-state index in [-0.39, 0.29) is 5.41 Å². The number of rotatable bonds is 0. The first-order valence-electron chi connectivity index (χ1n) is 5.33. The number of benzene rings is 1. The van der Waals surface area contributed by atoms with Gasteiger partial charge in [-0.15, -0.1) is 0 Å². The van der Waals surface area contributed by atoms with Crippen LogP contribution < -0.4 is 5.46 Å². The van der Waals surface area contributed by atoms with Gasteiger partial charge in [0.1, 0.15) is 7.85 Å². The van der Waals surface area contributed by atoms with Gasteiger partial charge in [-0.05, 0) is 42.9 Å². The summed E-state index contributed by atoms with van der Waals surface area (Å²) in [5, 5.41) is 0. The van der Waals surface area contributed by atoms with Gasteiger partial charge in [0.25, 0.3) is 0 Å². The molecule has 0 saturated carbocycles. The molecule has 0 radical (unpaired) electrons. The van der Waals surface area contributed by atoms with E-state index in [2.05, 4.69) is 55.5 Å². The fourth-order valence-electron chi connectivity index (χ4n) is 2.44. The van der Waals surface area contributed by atoms with Crippen molar-refractivity contribution in [3.05, 3.63) is 28.3 Å². The van der Waals surface area contributed by atoms with E-state index in [1.807, 2.05) is 0 Å². The largest absolute Gasteiger partial charge is 0.140 e. The van der Waals surface area contributed by atoms with Crippen LogP contribution in [0.5, 0.6) is 0 Å². The van der Waals surface area contributed by atoms with Gasteiger partial charge in [-0.2, -0.15) is 0 Å². The number of aryl methyl sites for hydroxylation is 2. The van der Waals surface area contributed by atoms with Gasteiger partial charge in [0.05, 0.1) is 0 Å². The average molecular weight is 188 g/mol. The van der Waals surface area contributed by atoms with Gasteiger partial charge in [-0.25, -0.2) is 0 Å². The maximum Gasteiger partial charge on any atom is 0.140 e. The predicted molar refractivity (Wildman–Crippen MR) is 67.5 cm³/mol. The molecule has 0 atom stereocenters. The van der Waals surface area contributed by atoms with Gasteiger partial charge in [0.2, 0.25) is 0 Å². The van der Waals surface area contributed by atoms with E-state index in [1.165, 1.54) is 27.7 Å². The van der Waals surface area contributed by atoms with Gasteiger partial charge >= 0.3 is 0 Å². The van der Waals surface area contributed by atoms with Gasteiger partial charge in [-0.3, -0.25) is 0 Å². The highest BCUT2D eigenvalue weighted by Crippen LogP contribution is 2.25. The summed E-state index contributed by atoms with van der Waals surface area (Å²) in [6, 6.07) is 2.31. The fourth-order valence-corrected chi connectivity index (χ4v) is 2.44. The third kappa shape index (κ3) is 1.87. The van der Waals surface area contributed by atoms with Crippen LogP contribution in [-0.2, 0) is 5.41 Å². The second kappa shape index (κ2) is 3.45. The van der Waals surface area contributed by atoms with Crippen LogP contribution in [0.2, 0.25) is 0 Å². The second-order valence-electron chi connectivity index (χ2n) is 5.39. The van der Waals surface area contributed by atoms with Gasteiger partial charge in [-0.1, -0.05) is 37.9 Å². The Kier molecular flexibility index (Phi) is 2.80. The van der Waals surface area contributed by atoms with E-state index < -0.39 is 0 Å². The van der Waals surface area contributed by atoms with Crippen molar-refractivity contribution in [1.82, 2.24) is 0 Å².